The van der Waals surface area contributed by atoms with Gasteiger partial charge in [-0.15, -0.1) is 0 Å². The first-order valence-electron chi connectivity index (χ1n) is 6.91. The van der Waals surface area contributed by atoms with Gasteiger partial charge in [0.25, 0.3) is 11.6 Å². The summed E-state index contributed by atoms with van der Waals surface area (Å²) in [5.41, 5.74) is 1.18. The van der Waals surface area contributed by atoms with Crippen LogP contribution in [0, 0.1) is 10.1 Å². The number of likely N-dealkylation sites (N-methyl/N-ethyl adjacent to an activating group) is 1. The number of para-hydroxylation sites is 2. The van der Waals surface area contributed by atoms with Crippen LogP contribution >= 0.6 is 0 Å². The smallest absolute Gasteiger partial charge is 0.276 e. The van der Waals surface area contributed by atoms with Gasteiger partial charge in [0.2, 0.25) is 0 Å². The van der Waals surface area contributed by atoms with E-state index in [-0.39, 0.29) is 11.6 Å². The van der Waals surface area contributed by atoms with Crippen molar-refractivity contribution in [1.29, 1.82) is 0 Å². The molecule has 5 heteroatoms. The van der Waals surface area contributed by atoms with Crippen LogP contribution in [0.25, 0.3) is 6.08 Å². The average Bonchev–Trinajstić information content (AvgIpc) is 2.55. The molecular formula is C17H16N2O3. The minimum Gasteiger partial charge on any atom is -0.309 e. The average molecular weight is 296 g/mol. The number of rotatable bonds is 5. The fourth-order valence-corrected chi connectivity index (χ4v) is 2.12. The molecule has 0 heterocycles. The van der Waals surface area contributed by atoms with Gasteiger partial charge in [-0.05, 0) is 31.2 Å². The van der Waals surface area contributed by atoms with Crippen LogP contribution < -0.4 is 4.90 Å². The van der Waals surface area contributed by atoms with E-state index >= 15 is 0 Å². The molecule has 0 radical (unpaired) electrons. The lowest BCUT2D eigenvalue weighted by Crippen LogP contribution is -2.28. The minimum absolute atomic E-state index is 0.0192. The Bertz CT molecular complexity index is 696. The zero-order valence-corrected chi connectivity index (χ0v) is 12.2. The zero-order chi connectivity index (χ0) is 15.9. The first-order valence-corrected chi connectivity index (χ1v) is 6.91. The van der Waals surface area contributed by atoms with E-state index in [0.29, 0.717) is 12.1 Å². The molecule has 0 atom stereocenters. The summed E-state index contributed by atoms with van der Waals surface area (Å²) in [5.74, 6) is -0.216. The van der Waals surface area contributed by atoms with Gasteiger partial charge in [0.1, 0.15) is 0 Å². The molecule has 0 spiro atoms. The van der Waals surface area contributed by atoms with E-state index in [0.717, 1.165) is 5.69 Å². The van der Waals surface area contributed by atoms with Gasteiger partial charge in [0, 0.05) is 24.4 Å². The summed E-state index contributed by atoms with van der Waals surface area (Å²) in [6, 6.07) is 15.6. The standard InChI is InChI=1S/C17H16N2O3/c1-2-18(15-9-4-3-5-10-15)17(20)13-12-14-8-6-7-11-16(14)19(21)22/h3-13H,2H2,1H3/b13-12+. The molecule has 0 bridgehead atoms. The van der Waals surface area contributed by atoms with Gasteiger partial charge in [-0.1, -0.05) is 30.3 Å². The molecule has 1 amide bonds. The largest absolute Gasteiger partial charge is 0.309 e. The molecule has 0 aliphatic carbocycles. The second-order valence-electron chi connectivity index (χ2n) is 4.57. The van der Waals surface area contributed by atoms with Crippen molar-refractivity contribution in [3.05, 3.63) is 76.4 Å². The Morgan fingerprint density at radius 3 is 2.41 bits per heavy atom. The number of hydrogen-bond acceptors (Lipinski definition) is 3. The van der Waals surface area contributed by atoms with Crippen molar-refractivity contribution in [2.75, 3.05) is 11.4 Å². The van der Waals surface area contributed by atoms with Crippen LogP contribution in [0.1, 0.15) is 12.5 Å². The third kappa shape index (κ3) is 3.58. The van der Waals surface area contributed by atoms with E-state index < -0.39 is 4.92 Å². The highest BCUT2D eigenvalue weighted by atomic mass is 16.6. The van der Waals surface area contributed by atoms with Crippen LogP contribution in [0.2, 0.25) is 0 Å². The van der Waals surface area contributed by atoms with Gasteiger partial charge in [0.15, 0.2) is 0 Å². The molecular weight excluding hydrogens is 280 g/mol. The number of nitro groups is 1. The van der Waals surface area contributed by atoms with E-state index in [4.69, 9.17) is 0 Å². The summed E-state index contributed by atoms with van der Waals surface area (Å²) in [4.78, 5) is 24.4. The molecule has 0 aliphatic rings. The summed E-state index contributed by atoms with van der Waals surface area (Å²) < 4.78 is 0. The van der Waals surface area contributed by atoms with Gasteiger partial charge in [-0.25, -0.2) is 0 Å². The van der Waals surface area contributed by atoms with Crippen LogP contribution in [0.3, 0.4) is 0 Å². The van der Waals surface area contributed by atoms with Crippen LogP contribution in [0.15, 0.2) is 60.7 Å². The Kier molecular flexibility index (Phi) is 5.03. The lowest BCUT2D eigenvalue weighted by molar-refractivity contribution is -0.385. The molecule has 5 nitrogen and oxygen atoms in total. The maximum atomic E-state index is 12.3. The first-order chi connectivity index (χ1) is 10.6. The Hall–Kier alpha value is -2.95. The quantitative estimate of drug-likeness (QED) is 0.480. The number of nitro benzene ring substituents is 1. The second kappa shape index (κ2) is 7.17. The Morgan fingerprint density at radius 1 is 1.14 bits per heavy atom. The molecule has 0 aliphatic heterocycles. The van der Waals surface area contributed by atoms with Gasteiger partial charge >= 0.3 is 0 Å². The third-order valence-electron chi connectivity index (χ3n) is 3.19. The Morgan fingerprint density at radius 2 is 1.77 bits per heavy atom. The molecule has 0 saturated carbocycles. The molecule has 2 aromatic rings. The summed E-state index contributed by atoms with van der Waals surface area (Å²) in [5, 5.41) is 11.0. The SMILES string of the molecule is CCN(C(=O)/C=C/c1ccccc1[N+](=O)[O-])c1ccccc1. The highest BCUT2D eigenvalue weighted by Crippen LogP contribution is 2.20. The van der Waals surface area contributed by atoms with Gasteiger partial charge < -0.3 is 4.90 Å². The van der Waals surface area contributed by atoms with E-state index in [1.54, 1.807) is 23.1 Å². The maximum Gasteiger partial charge on any atom is 0.276 e. The van der Waals surface area contributed by atoms with Crippen molar-refractivity contribution in [2.45, 2.75) is 6.92 Å². The van der Waals surface area contributed by atoms with Crippen LogP contribution in [0.4, 0.5) is 11.4 Å². The van der Waals surface area contributed by atoms with Crippen LogP contribution in [-0.4, -0.2) is 17.4 Å². The van der Waals surface area contributed by atoms with Crippen LogP contribution in [0.5, 0.6) is 0 Å². The van der Waals surface area contributed by atoms with Crippen molar-refractivity contribution in [3.63, 3.8) is 0 Å². The van der Waals surface area contributed by atoms with Gasteiger partial charge in [-0.3, -0.25) is 14.9 Å². The highest BCUT2D eigenvalue weighted by Gasteiger charge is 2.13. The lowest BCUT2D eigenvalue weighted by Gasteiger charge is -2.19. The maximum absolute atomic E-state index is 12.3. The first kappa shape index (κ1) is 15.4. The summed E-state index contributed by atoms with van der Waals surface area (Å²) in [7, 11) is 0. The number of nitrogens with zero attached hydrogens (tertiary/aromatic N) is 2. The molecule has 2 rings (SSSR count). The Labute approximate surface area is 128 Å². The molecule has 0 aromatic heterocycles. The van der Waals surface area contributed by atoms with Crippen molar-refractivity contribution < 1.29 is 9.72 Å². The summed E-state index contributed by atoms with van der Waals surface area (Å²) in [6.07, 6.45) is 2.84. The van der Waals surface area contributed by atoms with E-state index in [2.05, 4.69) is 0 Å². The molecule has 0 N–H and O–H groups in total. The van der Waals surface area contributed by atoms with Crippen molar-refractivity contribution in [2.24, 2.45) is 0 Å². The number of amides is 1. The zero-order valence-electron chi connectivity index (χ0n) is 12.2. The predicted octanol–water partition coefficient (Wildman–Crippen LogP) is 3.66. The molecule has 112 valence electrons. The van der Waals surface area contributed by atoms with Gasteiger partial charge in [0.05, 0.1) is 10.5 Å². The Balaban J connectivity index is 2.22. The topological polar surface area (TPSA) is 63.5 Å². The minimum atomic E-state index is -0.459. The monoisotopic (exact) mass is 296 g/mol. The van der Waals surface area contributed by atoms with Crippen molar-refractivity contribution in [3.8, 4) is 0 Å². The van der Waals surface area contributed by atoms with E-state index in [9.17, 15) is 14.9 Å². The lowest BCUT2D eigenvalue weighted by atomic mass is 10.1. The third-order valence-corrected chi connectivity index (χ3v) is 3.19. The van der Waals surface area contributed by atoms with Crippen LogP contribution in [-0.2, 0) is 4.79 Å². The molecule has 22 heavy (non-hydrogen) atoms. The number of anilines is 1. The van der Waals surface area contributed by atoms with E-state index in [1.807, 2.05) is 37.3 Å². The molecule has 0 unspecified atom stereocenters. The summed E-state index contributed by atoms with van der Waals surface area (Å²) >= 11 is 0. The van der Waals surface area contributed by atoms with Crippen molar-refractivity contribution in [1.82, 2.24) is 0 Å². The number of hydrogen-bond donors (Lipinski definition) is 0. The number of carbonyl (C=O) groups is 1. The number of carbonyl (C=O) groups excluding carboxylic acids is 1. The summed E-state index contributed by atoms with van der Waals surface area (Å²) in [6.45, 7) is 2.40. The van der Waals surface area contributed by atoms with Crippen molar-refractivity contribution >= 4 is 23.4 Å². The molecule has 2 aromatic carbocycles. The fourth-order valence-electron chi connectivity index (χ4n) is 2.12. The molecule has 0 fully saturated rings. The van der Waals surface area contributed by atoms with Gasteiger partial charge in [-0.2, -0.15) is 0 Å². The second-order valence-corrected chi connectivity index (χ2v) is 4.57. The highest BCUT2D eigenvalue weighted by molar-refractivity contribution is 6.04. The predicted molar refractivity (Wildman–Crippen MR) is 86.6 cm³/mol. The number of benzene rings is 2. The van der Waals surface area contributed by atoms with E-state index in [1.165, 1.54) is 18.2 Å². The normalized spacial score (nSPS) is 10.6. The molecule has 0 saturated heterocycles. The fraction of sp³-hybridized carbons (Fsp3) is 0.118.